The van der Waals surface area contributed by atoms with E-state index < -0.39 is 42.1 Å². The number of fused-ring (bicyclic) bond motifs is 3. The van der Waals surface area contributed by atoms with E-state index in [4.69, 9.17) is 9.84 Å². The second-order valence-electron chi connectivity index (χ2n) is 7.99. The van der Waals surface area contributed by atoms with Crippen LogP contribution in [-0.4, -0.2) is 47.4 Å². The number of amides is 2. The maximum Gasteiger partial charge on any atom is 0.411 e. The van der Waals surface area contributed by atoms with Gasteiger partial charge in [-0.2, -0.15) is 0 Å². The van der Waals surface area contributed by atoms with E-state index in [0.717, 1.165) is 28.3 Å². The van der Waals surface area contributed by atoms with Crippen LogP contribution in [0.5, 0.6) is 0 Å². The predicted molar refractivity (Wildman–Crippen MR) is 126 cm³/mol. The number of hydrogen-bond donors (Lipinski definition) is 4. The van der Waals surface area contributed by atoms with Gasteiger partial charge >= 0.3 is 12.1 Å². The van der Waals surface area contributed by atoms with Crippen LogP contribution in [0.3, 0.4) is 0 Å². The number of anilines is 1. The highest BCUT2D eigenvalue weighted by Crippen LogP contribution is 2.44. The summed E-state index contributed by atoms with van der Waals surface area (Å²) in [6, 6.07) is 17.8. The first kappa shape index (κ1) is 23.9. The minimum absolute atomic E-state index is 0.00652. The Morgan fingerprint density at radius 2 is 1.57 bits per heavy atom. The number of aliphatic carboxylic acids is 1. The molecule has 4 rings (SSSR count). The van der Waals surface area contributed by atoms with Crippen molar-refractivity contribution in [2.75, 3.05) is 18.5 Å². The quantitative estimate of drug-likeness (QED) is 0.391. The molecule has 0 unspecified atom stereocenters. The number of benzene rings is 3. The van der Waals surface area contributed by atoms with Gasteiger partial charge in [0, 0.05) is 18.9 Å². The van der Waals surface area contributed by atoms with Crippen molar-refractivity contribution < 1.29 is 33.7 Å². The number of ether oxygens (including phenoxy) is 1. The molecule has 0 fully saturated rings. The Hall–Kier alpha value is -4.24. The number of carboxylic acid groups (broad SMARTS) is 1. The van der Waals surface area contributed by atoms with Crippen molar-refractivity contribution in [3.05, 3.63) is 89.2 Å². The Bertz CT molecular complexity index is 1230. The molecule has 0 heterocycles. The van der Waals surface area contributed by atoms with Crippen molar-refractivity contribution in [3.63, 3.8) is 0 Å². The van der Waals surface area contributed by atoms with E-state index in [0.29, 0.717) is 0 Å². The van der Waals surface area contributed by atoms with Crippen molar-refractivity contribution in [1.29, 1.82) is 0 Å². The van der Waals surface area contributed by atoms with Crippen LogP contribution in [0.2, 0.25) is 0 Å². The lowest BCUT2D eigenvalue weighted by Crippen LogP contribution is -2.41. The van der Waals surface area contributed by atoms with Crippen molar-refractivity contribution >= 4 is 23.7 Å². The van der Waals surface area contributed by atoms with Crippen LogP contribution in [0.1, 0.15) is 33.8 Å². The number of carboxylic acids is 1. The van der Waals surface area contributed by atoms with Crippen LogP contribution < -0.4 is 10.6 Å². The molecule has 0 aromatic heterocycles. The summed E-state index contributed by atoms with van der Waals surface area (Å²) in [6.07, 6.45) is -1.19. The molecule has 180 valence electrons. The number of aliphatic hydroxyl groups excluding tert-OH is 1. The third kappa shape index (κ3) is 4.99. The highest BCUT2D eigenvalue weighted by atomic mass is 19.1. The van der Waals surface area contributed by atoms with E-state index in [-0.39, 0.29) is 24.5 Å². The van der Waals surface area contributed by atoms with Gasteiger partial charge in [0.2, 0.25) is 0 Å². The number of hydrogen-bond acceptors (Lipinski definition) is 5. The summed E-state index contributed by atoms with van der Waals surface area (Å²) >= 11 is 0. The first-order chi connectivity index (χ1) is 16.9. The molecular formula is C26H23FN2O6. The van der Waals surface area contributed by atoms with E-state index in [2.05, 4.69) is 10.6 Å². The van der Waals surface area contributed by atoms with Crippen LogP contribution in [0.4, 0.5) is 14.9 Å². The number of carbonyl (C=O) groups excluding carboxylic acids is 2. The first-order valence-electron chi connectivity index (χ1n) is 11.0. The van der Waals surface area contributed by atoms with E-state index in [1.54, 1.807) is 0 Å². The van der Waals surface area contributed by atoms with Crippen LogP contribution in [0.15, 0.2) is 66.7 Å². The minimum atomic E-state index is -1.38. The third-order valence-corrected chi connectivity index (χ3v) is 5.85. The van der Waals surface area contributed by atoms with Gasteiger partial charge in [-0.15, -0.1) is 0 Å². The molecule has 0 spiro atoms. The van der Waals surface area contributed by atoms with Crippen LogP contribution >= 0.6 is 0 Å². The zero-order chi connectivity index (χ0) is 24.9. The normalized spacial score (nSPS) is 12.9. The summed E-state index contributed by atoms with van der Waals surface area (Å²) < 4.78 is 20.0. The van der Waals surface area contributed by atoms with Gasteiger partial charge in [-0.1, -0.05) is 54.6 Å². The standard InChI is InChI=1S/C26H23FN2O6/c27-21-11-5-10-19(24(31)28-22(12-13-30)25(32)33)23(21)29-26(34)35-14-20-17-8-3-1-6-15(17)16-7-2-4-9-18(16)20/h1-11,20,22,30H,12-14H2,(H,28,31)(H,29,34)(H,32,33)/t22-/m0/s1. The number of rotatable bonds is 8. The fourth-order valence-corrected chi connectivity index (χ4v) is 4.20. The van der Waals surface area contributed by atoms with E-state index in [1.807, 2.05) is 48.5 Å². The zero-order valence-corrected chi connectivity index (χ0v) is 18.5. The molecule has 3 aromatic carbocycles. The average molecular weight is 478 g/mol. The fourth-order valence-electron chi connectivity index (χ4n) is 4.20. The van der Waals surface area contributed by atoms with Gasteiger partial charge in [0.15, 0.2) is 0 Å². The van der Waals surface area contributed by atoms with Crippen molar-refractivity contribution in [2.24, 2.45) is 0 Å². The third-order valence-electron chi connectivity index (χ3n) is 5.85. The Morgan fingerprint density at radius 3 is 2.17 bits per heavy atom. The number of aliphatic hydroxyl groups is 1. The topological polar surface area (TPSA) is 125 Å². The predicted octanol–water partition coefficient (Wildman–Crippen LogP) is 3.75. The molecule has 8 nitrogen and oxygen atoms in total. The molecule has 0 saturated carbocycles. The van der Waals surface area contributed by atoms with E-state index in [9.17, 15) is 23.9 Å². The van der Waals surface area contributed by atoms with Crippen LogP contribution in [0, 0.1) is 5.82 Å². The molecule has 0 aliphatic heterocycles. The van der Waals surface area contributed by atoms with Gasteiger partial charge in [0.05, 0.1) is 11.3 Å². The summed E-state index contributed by atoms with van der Waals surface area (Å²) in [5, 5.41) is 22.7. The minimum Gasteiger partial charge on any atom is -0.480 e. The first-order valence-corrected chi connectivity index (χ1v) is 11.0. The average Bonchev–Trinajstić information content (AvgIpc) is 3.17. The molecular weight excluding hydrogens is 455 g/mol. The van der Waals surface area contributed by atoms with Gasteiger partial charge < -0.3 is 20.3 Å². The zero-order valence-electron chi connectivity index (χ0n) is 18.5. The second kappa shape index (κ2) is 10.4. The van der Waals surface area contributed by atoms with Gasteiger partial charge in [-0.25, -0.2) is 14.0 Å². The van der Waals surface area contributed by atoms with Crippen LogP contribution in [-0.2, 0) is 9.53 Å². The Kier molecular flexibility index (Phi) is 7.07. The number of para-hydroxylation sites is 1. The van der Waals surface area contributed by atoms with Crippen molar-refractivity contribution in [2.45, 2.75) is 18.4 Å². The molecule has 9 heteroatoms. The molecule has 35 heavy (non-hydrogen) atoms. The highest BCUT2D eigenvalue weighted by Gasteiger charge is 2.29. The SMILES string of the molecule is O=C(Nc1c(F)cccc1C(=O)N[C@@H](CCO)C(=O)O)OCC1c2ccccc2-c2ccccc21. The summed E-state index contributed by atoms with van der Waals surface area (Å²) in [5.41, 5.74) is 3.42. The Labute approximate surface area is 200 Å². The summed E-state index contributed by atoms with van der Waals surface area (Å²) in [6.45, 7) is -0.474. The number of nitrogens with one attached hydrogen (secondary N) is 2. The van der Waals surface area contributed by atoms with Gasteiger partial charge in [-0.3, -0.25) is 10.1 Å². The second-order valence-corrected chi connectivity index (χ2v) is 7.99. The Balaban J connectivity index is 1.49. The lowest BCUT2D eigenvalue weighted by Gasteiger charge is -2.17. The van der Waals surface area contributed by atoms with Crippen molar-refractivity contribution in [1.82, 2.24) is 5.32 Å². The number of halogens is 1. The summed E-state index contributed by atoms with van der Waals surface area (Å²) in [4.78, 5) is 36.5. The van der Waals surface area contributed by atoms with Gasteiger partial charge in [0.25, 0.3) is 5.91 Å². The Morgan fingerprint density at radius 1 is 0.943 bits per heavy atom. The molecule has 0 bridgehead atoms. The van der Waals surface area contributed by atoms with E-state index in [1.165, 1.54) is 12.1 Å². The van der Waals surface area contributed by atoms with Crippen molar-refractivity contribution in [3.8, 4) is 11.1 Å². The molecule has 2 amide bonds. The lowest BCUT2D eigenvalue weighted by atomic mass is 9.98. The molecule has 1 aliphatic rings. The largest absolute Gasteiger partial charge is 0.480 e. The maximum absolute atomic E-state index is 14.5. The molecule has 0 radical (unpaired) electrons. The molecule has 1 aliphatic carbocycles. The van der Waals surface area contributed by atoms with E-state index >= 15 is 0 Å². The molecule has 0 saturated heterocycles. The van der Waals surface area contributed by atoms with Gasteiger partial charge in [-0.05, 0) is 34.4 Å². The summed E-state index contributed by atoms with van der Waals surface area (Å²) in [5.74, 6) is -3.36. The smallest absolute Gasteiger partial charge is 0.411 e. The fraction of sp³-hybridized carbons (Fsp3) is 0.192. The van der Waals surface area contributed by atoms with Gasteiger partial charge in [0.1, 0.15) is 18.5 Å². The maximum atomic E-state index is 14.5. The molecule has 4 N–H and O–H groups in total. The molecule has 3 aromatic rings. The lowest BCUT2D eigenvalue weighted by molar-refractivity contribution is -0.139. The molecule has 1 atom stereocenters. The highest BCUT2D eigenvalue weighted by molar-refractivity contribution is 6.04. The monoisotopic (exact) mass is 478 g/mol. The number of carbonyl (C=O) groups is 3. The summed E-state index contributed by atoms with van der Waals surface area (Å²) in [7, 11) is 0. The van der Waals surface area contributed by atoms with Crippen LogP contribution in [0.25, 0.3) is 11.1 Å².